The lowest BCUT2D eigenvalue weighted by molar-refractivity contribution is 0.690. The molecule has 0 saturated carbocycles. The smallest absolute Gasteiger partial charge is 0.176 e. The predicted molar refractivity (Wildman–Crippen MR) is 114 cm³/mol. The van der Waals surface area contributed by atoms with E-state index in [-0.39, 0.29) is 0 Å². The molecule has 2 N–H and O–H groups in total. The quantitative estimate of drug-likeness (QED) is 0.458. The Morgan fingerprint density at radius 2 is 1.77 bits per heavy atom. The fourth-order valence-corrected chi connectivity index (χ4v) is 3.15. The summed E-state index contributed by atoms with van der Waals surface area (Å²) in [5.41, 5.74) is 1.71. The monoisotopic (exact) mass is 444 g/mol. The first kappa shape index (κ1) is 19.3. The second-order valence-electron chi connectivity index (χ2n) is 5.36. The number of aromatic nitrogens is 2. The van der Waals surface area contributed by atoms with E-state index >= 15 is 0 Å². The zero-order valence-corrected chi connectivity index (χ0v) is 17.0. The van der Waals surface area contributed by atoms with Gasteiger partial charge in [-0.2, -0.15) is 5.10 Å². The summed E-state index contributed by atoms with van der Waals surface area (Å²) < 4.78 is 1.69. The second-order valence-corrected chi connectivity index (χ2v) is 7.43. The largest absolute Gasteiger partial charge is 0.332 e. The molecule has 134 valence electrons. The van der Waals surface area contributed by atoms with Crippen molar-refractivity contribution in [3.63, 3.8) is 0 Å². The number of nitrogens with one attached hydrogen (secondary N) is 2. The van der Waals surface area contributed by atoms with Crippen LogP contribution in [0.1, 0.15) is 5.56 Å². The van der Waals surface area contributed by atoms with Gasteiger partial charge in [-0.05, 0) is 48.1 Å². The molecule has 0 amide bonds. The van der Waals surface area contributed by atoms with E-state index in [0.29, 0.717) is 37.6 Å². The van der Waals surface area contributed by atoms with Gasteiger partial charge in [0.1, 0.15) is 5.02 Å². The summed E-state index contributed by atoms with van der Waals surface area (Å²) in [6.07, 6.45) is 1.70. The molecule has 2 aromatic carbocycles. The maximum atomic E-state index is 6.24. The third-order valence-electron chi connectivity index (χ3n) is 3.36. The first-order chi connectivity index (χ1) is 12.4. The van der Waals surface area contributed by atoms with E-state index in [1.807, 2.05) is 18.2 Å². The first-order valence-corrected chi connectivity index (χ1v) is 9.33. The van der Waals surface area contributed by atoms with E-state index in [0.717, 1.165) is 11.3 Å². The summed E-state index contributed by atoms with van der Waals surface area (Å²) in [6.45, 7) is 0.493. The van der Waals surface area contributed by atoms with Crippen molar-refractivity contribution in [1.82, 2.24) is 9.78 Å². The van der Waals surface area contributed by atoms with Gasteiger partial charge in [-0.3, -0.25) is 4.68 Å². The highest BCUT2D eigenvalue weighted by atomic mass is 35.5. The van der Waals surface area contributed by atoms with Crippen molar-refractivity contribution in [3.8, 4) is 0 Å². The second kappa shape index (κ2) is 8.46. The SMILES string of the molecule is S=C(Nc1cccc(Cl)c1)Nc1nn(Cc2ccc(Cl)c(Cl)c2)cc1Cl. The Kier molecular flexibility index (Phi) is 6.27. The lowest BCUT2D eigenvalue weighted by atomic mass is 10.2. The Hall–Kier alpha value is -1.50. The number of anilines is 2. The number of nitrogens with zero attached hydrogens (tertiary/aromatic N) is 2. The standard InChI is InChI=1S/C17H12Cl4N4S/c18-11-2-1-3-12(7-11)22-17(26)23-16-15(21)9-25(24-16)8-10-4-5-13(19)14(20)6-10/h1-7,9H,8H2,(H2,22,23,24,26). The summed E-state index contributed by atoms with van der Waals surface area (Å²) in [7, 11) is 0. The van der Waals surface area contributed by atoms with Gasteiger partial charge in [0.2, 0.25) is 0 Å². The molecule has 4 nitrogen and oxygen atoms in total. The number of hydrogen-bond donors (Lipinski definition) is 2. The van der Waals surface area contributed by atoms with E-state index in [1.165, 1.54) is 0 Å². The molecular weight excluding hydrogens is 434 g/mol. The van der Waals surface area contributed by atoms with Gasteiger partial charge in [-0.15, -0.1) is 0 Å². The Bertz CT molecular complexity index is 958. The molecule has 0 aliphatic rings. The highest BCUT2D eigenvalue weighted by Crippen LogP contribution is 2.24. The molecule has 26 heavy (non-hydrogen) atoms. The van der Waals surface area contributed by atoms with Gasteiger partial charge in [0.15, 0.2) is 10.9 Å². The van der Waals surface area contributed by atoms with Crippen LogP contribution < -0.4 is 10.6 Å². The maximum Gasteiger partial charge on any atom is 0.176 e. The minimum Gasteiger partial charge on any atom is -0.332 e. The topological polar surface area (TPSA) is 41.9 Å². The maximum absolute atomic E-state index is 6.24. The molecule has 0 spiro atoms. The molecule has 0 bridgehead atoms. The van der Waals surface area contributed by atoms with Crippen LogP contribution in [0.4, 0.5) is 11.5 Å². The van der Waals surface area contributed by atoms with E-state index in [4.69, 9.17) is 58.6 Å². The van der Waals surface area contributed by atoms with Crippen LogP contribution in [0.15, 0.2) is 48.7 Å². The molecule has 1 aromatic heterocycles. The van der Waals surface area contributed by atoms with Crippen LogP contribution in [0.2, 0.25) is 20.1 Å². The zero-order valence-electron chi connectivity index (χ0n) is 13.1. The van der Waals surface area contributed by atoms with Crippen LogP contribution in [0, 0.1) is 0 Å². The van der Waals surface area contributed by atoms with Crippen molar-refractivity contribution in [2.24, 2.45) is 0 Å². The van der Waals surface area contributed by atoms with Gasteiger partial charge in [-0.1, -0.05) is 58.5 Å². The summed E-state index contributed by atoms with van der Waals surface area (Å²) >= 11 is 29.5. The molecule has 0 saturated heterocycles. The molecule has 3 aromatic rings. The average Bonchev–Trinajstić information content (AvgIpc) is 2.90. The van der Waals surface area contributed by atoms with Gasteiger partial charge in [0.05, 0.1) is 16.6 Å². The van der Waals surface area contributed by atoms with E-state index < -0.39 is 0 Å². The third-order valence-corrected chi connectivity index (χ3v) is 4.81. The summed E-state index contributed by atoms with van der Waals surface area (Å²) in [4.78, 5) is 0. The van der Waals surface area contributed by atoms with Gasteiger partial charge in [0.25, 0.3) is 0 Å². The average molecular weight is 446 g/mol. The van der Waals surface area contributed by atoms with Crippen molar-refractivity contribution in [2.75, 3.05) is 10.6 Å². The number of rotatable bonds is 4. The van der Waals surface area contributed by atoms with E-state index in [1.54, 1.807) is 35.1 Å². The number of hydrogen-bond acceptors (Lipinski definition) is 2. The molecule has 0 fully saturated rings. The third kappa shape index (κ3) is 5.02. The van der Waals surface area contributed by atoms with E-state index in [9.17, 15) is 0 Å². The van der Waals surface area contributed by atoms with Crippen molar-refractivity contribution >= 4 is 75.2 Å². The highest BCUT2D eigenvalue weighted by molar-refractivity contribution is 7.80. The van der Waals surface area contributed by atoms with Crippen LogP contribution in [0.25, 0.3) is 0 Å². The molecule has 9 heteroatoms. The predicted octanol–water partition coefficient (Wildman–Crippen LogP) is 6.35. The van der Waals surface area contributed by atoms with Crippen LogP contribution in [-0.4, -0.2) is 14.9 Å². The Morgan fingerprint density at radius 1 is 0.962 bits per heavy atom. The van der Waals surface area contributed by atoms with Crippen LogP contribution in [0.5, 0.6) is 0 Å². The summed E-state index contributed by atoms with van der Waals surface area (Å²) in [6, 6.07) is 12.6. The molecule has 0 aliphatic heterocycles. The summed E-state index contributed by atoms with van der Waals surface area (Å²) in [5.74, 6) is 0.450. The van der Waals surface area contributed by atoms with Crippen molar-refractivity contribution in [2.45, 2.75) is 6.54 Å². The van der Waals surface area contributed by atoms with Gasteiger partial charge in [0, 0.05) is 16.9 Å². The van der Waals surface area contributed by atoms with Gasteiger partial charge in [-0.25, -0.2) is 0 Å². The lowest BCUT2D eigenvalue weighted by Crippen LogP contribution is -2.19. The highest BCUT2D eigenvalue weighted by Gasteiger charge is 2.10. The molecule has 0 aliphatic carbocycles. The molecule has 0 atom stereocenters. The van der Waals surface area contributed by atoms with E-state index in [2.05, 4.69) is 15.7 Å². The molecule has 0 unspecified atom stereocenters. The molecule has 3 rings (SSSR count). The van der Waals surface area contributed by atoms with Gasteiger partial charge < -0.3 is 10.6 Å². The Labute approximate surface area is 176 Å². The van der Waals surface area contributed by atoms with Crippen LogP contribution in [-0.2, 0) is 6.54 Å². The molecular formula is C17H12Cl4N4S. The molecule has 0 radical (unpaired) electrons. The van der Waals surface area contributed by atoms with Crippen molar-refractivity contribution in [1.29, 1.82) is 0 Å². The van der Waals surface area contributed by atoms with Crippen LogP contribution in [0.3, 0.4) is 0 Å². The number of thiocarbonyl (C=S) groups is 1. The minimum atomic E-state index is 0.356. The number of halogens is 4. The molecule has 1 heterocycles. The lowest BCUT2D eigenvalue weighted by Gasteiger charge is -2.09. The summed E-state index contributed by atoms with van der Waals surface area (Å²) in [5, 5.41) is 12.8. The Balaban J connectivity index is 1.67. The fourth-order valence-electron chi connectivity index (χ4n) is 2.22. The van der Waals surface area contributed by atoms with Crippen LogP contribution >= 0.6 is 58.6 Å². The number of benzene rings is 2. The van der Waals surface area contributed by atoms with Gasteiger partial charge >= 0.3 is 0 Å². The van der Waals surface area contributed by atoms with Crippen molar-refractivity contribution < 1.29 is 0 Å². The fraction of sp³-hybridized carbons (Fsp3) is 0.0588. The van der Waals surface area contributed by atoms with Crippen molar-refractivity contribution in [3.05, 3.63) is 74.3 Å². The minimum absolute atomic E-state index is 0.356. The Morgan fingerprint density at radius 3 is 2.50 bits per heavy atom. The normalized spacial score (nSPS) is 10.6. The first-order valence-electron chi connectivity index (χ1n) is 7.41. The zero-order chi connectivity index (χ0) is 18.7.